The average Bonchev–Trinajstić information content (AvgIpc) is 3.36. The summed E-state index contributed by atoms with van der Waals surface area (Å²) in [5.74, 6) is 0.659. The fourth-order valence-electron chi connectivity index (χ4n) is 5.21. The molecule has 6 nitrogen and oxygen atoms in total. The van der Waals surface area contributed by atoms with Gasteiger partial charge >= 0.3 is 0 Å². The Kier molecular flexibility index (Phi) is 6.17. The van der Waals surface area contributed by atoms with Crippen LogP contribution in [0.25, 0.3) is 10.9 Å². The van der Waals surface area contributed by atoms with Gasteiger partial charge < -0.3 is 4.74 Å². The van der Waals surface area contributed by atoms with Crippen LogP contribution in [0, 0.1) is 6.92 Å². The summed E-state index contributed by atoms with van der Waals surface area (Å²) in [5, 5.41) is 7.99. The van der Waals surface area contributed by atoms with Gasteiger partial charge in [0, 0.05) is 28.1 Å². The molecule has 3 aromatic rings. The van der Waals surface area contributed by atoms with Gasteiger partial charge in [-0.2, -0.15) is 5.10 Å². The molecule has 7 heteroatoms. The van der Waals surface area contributed by atoms with Crippen LogP contribution in [0.5, 0.6) is 5.75 Å². The van der Waals surface area contributed by atoms with E-state index in [0.29, 0.717) is 29.2 Å². The second-order valence-electron chi connectivity index (χ2n) is 9.14. The quantitative estimate of drug-likeness (QED) is 0.469. The summed E-state index contributed by atoms with van der Waals surface area (Å²) in [7, 11) is 1.60. The van der Waals surface area contributed by atoms with Gasteiger partial charge in [-0.3, -0.25) is 14.2 Å². The molecule has 0 spiro atoms. The Labute approximate surface area is 204 Å². The van der Waals surface area contributed by atoms with Crippen molar-refractivity contribution < 1.29 is 14.3 Å². The van der Waals surface area contributed by atoms with Gasteiger partial charge in [-0.15, -0.1) is 0 Å². The van der Waals surface area contributed by atoms with E-state index in [9.17, 15) is 9.59 Å². The SMILES string of the molecule is COc1ccc(C(=O)n2c(C)c(CC3=NN(C4CCCCC4)C(=O)C3)c3cc(Cl)ccc32)cc1. The molecule has 5 rings (SSSR count). The minimum Gasteiger partial charge on any atom is -0.497 e. The molecule has 2 heterocycles. The first-order valence-corrected chi connectivity index (χ1v) is 12.2. The number of carbonyl (C=O) groups is 2. The van der Waals surface area contributed by atoms with E-state index in [1.54, 1.807) is 47.0 Å². The lowest BCUT2D eigenvalue weighted by molar-refractivity contribution is -0.131. The molecule has 0 N–H and O–H groups in total. The van der Waals surface area contributed by atoms with E-state index in [0.717, 1.165) is 53.6 Å². The second-order valence-corrected chi connectivity index (χ2v) is 9.58. The third-order valence-electron chi connectivity index (χ3n) is 7.00. The van der Waals surface area contributed by atoms with Crippen molar-refractivity contribution in [2.75, 3.05) is 7.11 Å². The molecule has 1 aromatic heterocycles. The maximum Gasteiger partial charge on any atom is 0.262 e. The fourth-order valence-corrected chi connectivity index (χ4v) is 5.39. The number of amides is 1. The number of rotatable bonds is 5. The Morgan fingerprint density at radius 2 is 1.85 bits per heavy atom. The van der Waals surface area contributed by atoms with E-state index in [2.05, 4.69) is 0 Å². The molecule has 34 heavy (non-hydrogen) atoms. The maximum atomic E-state index is 13.5. The van der Waals surface area contributed by atoms with Crippen LogP contribution in [0.2, 0.25) is 5.02 Å². The van der Waals surface area contributed by atoms with Gasteiger partial charge in [0.25, 0.3) is 5.91 Å². The normalized spacial score (nSPS) is 16.9. The summed E-state index contributed by atoms with van der Waals surface area (Å²) < 4.78 is 6.96. The number of fused-ring (bicyclic) bond motifs is 1. The van der Waals surface area contributed by atoms with E-state index >= 15 is 0 Å². The fraction of sp³-hybridized carbons (Fsp3) is 0.370. The number of carbonyl (C=O) groups excluding carboxylic acids is 2. The van der Waals surface area contributed by atoms with Gasteiger partial charge in [0.05, 0.1) is 30.8 Å². The van der Waals surface area contributed by atoms with Crippen molar-refractivity contribution >= 4 is 40.0 Å². The highest BCUT2D eigenvalue weighted by Crippen LogP contribution is 2.32. The smallest absolute Gasteiger partial charge is 0.262 e. The first-order chi connectivity index (χ1) is 16.5. The predicted molar refractivity (Wildman–Crippen MR) is 134 cm³/mol. The molecule has 0 radical (unpaired) electrons. The number of hydrogen-bond acceptors (Lipinski definition) is 4. The predicted octanol–water partition coefficient (Wildman–Crippen LogP) is 5.76. The minimum absolute atomic E-state index is 0.0793. The van der Waals surface area contributed by atoms with Gasteiger partial charge in [0.15, 0.2) is 0 Å². The lowest BCUT2D eigenvalue weighted by Gasteiger charge is -2.27. The van der Waals surface area contributed by atoms with Crippen LogP contribution in [-0.2, 0) is 11.2 Å². The number of nitrogens with zero attached hydrogens (tertiary/aromatic N) is 3. The van der Waals surface area contributed by atoms with Crippen LogP contribution >= 0.6 is 11.6 Å². The minimum atomic E-state index is -0.119. The van der Waals surface area contributed by atoms with Crippen LogP contribution in [0.1, 0.15) is 60.1 Å². The van der Waals surface area contributed by atoms with Crippen molar-refractivity contribution in [3.8, 4) is 5.75 Å². The lowest BCUT2D eigenvalue weighted by atomic mass is 9.95. The molecule has 1 aliphatic carbocycles. The number of hydrazone groups is 1. The zero-order chi connectivity index (χ0) is 23.8. The number of ether oxygens (including phenoxy) is 1. The molecule has 0 saturated heterocycles. The number of methoxy groups -OCH3 is 1. The third kappa shape index (κ3) is 4.11. The molecule has 176 valence electrons. The summed E-state index contributed by atoms with van der Waals surface area (Å²) in [6, 6.07) is 12.9. The van der Waals surface area contributed by atoms with Gasteiger partial charge in [-0.1, -0.05) is 30.9 Å². The highest BCUT2D eigenvalue weighted by Gasteiger charge is 2.32. The van der Waals surface area contributed by atoms with Crippen LogP contribution < -0.4 is 4.74 Å². The third-order valence-corrected chi connectivity index (χ3v) is 7.23. The summed E-state index contributed by atoms with van der Waals surface area (Å²) in [6.45, 7) is 1.95. The van der Waals surface area contributed by atoms with E-state index in [1.807, 2.05) is 19.1 Å². The average molecular weight is 478 g/mol. The van der Waals surface area contributed by atoms with Crippen LogP contribution in [0.3, 0.4) is 0 Å². The number of benzene rings is 2. The molecule has 2 aromatic carbocycles. The summed E-state index contributed by atoms with van der Waals surface area (Å²) in [6.07, 6.45) is 6.42. The lowest BCUT2D eigenvalue weighted by Crippen LogP contribution is -2.34. The monoisotopic (exact) mass is 477 g/mol. The van der Waals surface area contributed by atoms with Gasteiger partial charge in [0.1, 0.15) is 5.75 Å². The molecule has 1 saturated carbocycles. The molecule has 1 amide bonds. The Hall–Kier alpha value is -3.12. The van der Waals surface area contributed by atoms with Crippen molar-refractivity contribution in [1.82, 2.24) is 9.58 Å². The van der Waals surface area contributed by atoms with Gasteiger partial charge in [0.2, 0.25) is 5.91 Å². The molecule has 0 bridgehead atoms. The second kappa shape index (κ2) is 9.26. The van der Waals surface area contributed by atoms with Crippen molar-refractivity contribution in [2.45, 2.75) is 57.9 Å². The molecule has 0 atom stereocenters. The highest BCUT2D eigenvalue weighted by atomic mass is 35.5. The van der Waals surface area contributed by atoms with E-state index in [1.165, 1.54) is 6.42 Å². The first-order valence-electron chi connectivity index (χ1n) is 11.8. The van der Waals surface area contributed by atoms with E-state index in [4.69, 9.17) is 21.4 Å². The molecular weight excluding hydrogens is 450 g/mol. The Bertz CT molecular complexity index is 1290. The summed E-state index contributed by atoms with van der Waals surface area (Å²) in [5.41, 5.74) is 4.03. The zero-order valence-corrected chi connectivity index (χ0v) is 20.3. The first kappa shape index (κ1) is 22.7. The molecule has 1 fully saturated rings. The van der Waals surface area contributed by atoms with Crippen LogP contribution in [0.15, 0.2) is 47.6 Å². The highest BCUT2D eigenvalue weighted by molar-refractivity contribution is 6.31. The molecule has 1 aliphatic heterocycles. The van der Waals surface area contributed by atoms with Crippen molar-refractivity contribution in [3.63, 3.8) is 0 Å². The molecule has 2 aliphatic rings. The molecular formula is C27H28ClN3O3. The van der Waals surface area contributed by atoms with Crippen LogP contribution in [0.4, 0.5) is 0 Å². The maximum absolute atomic E-state index is 13.5. The Morgan fingerprint density at radius 1 is 1.12 bits per heavy atom. The Balaban J connectivity index is 1.51. The van der Waals surface area contributed by atoms with Crippen molar-refractivity contribution in [2.24, 2.45) is 5.10 Å². The molecule has 0 unspecified atom stereocenters. The standard InChI is InChI=1S/C27H28ClN3O3/c1-17-23(15-20-16-26(32)31(29-20)21-6-4-3-5-7-21)24-14-19(28)10-13-25(24)30(17)27(33)18-8-11-22(34-2)12-9-18/h8-14,21H,3-7,15-16H2,1-2H3. The van der Waals surface area contributed by atoms with Gasteiger partial charge in [-0.25, -0.2) is 5.01 Å². The summed E-state index contributed by atoms with van der Waals surface area (Å²) in [4.78, 5) is 26.3. The Morgan fingerprint density at radius 3 is 2.56 bits per heavy atom. The van der Waals surface area contributed by atoms with E-state index < -0.39 is 0 Å². The van der Waals surface area contributed by atoms with Crippen LogP contribution in [-0.4, -0.2) is 40.3 Å². The van der Waals surface area contributed by atoms with Crippen molar-refractivity contribution in [1.29, 1.82) is 0 Å². The zero-order valence-electron chi connectivity index (χ0n) is 19.5. The number of hydrogen-bond donors (Lipinski definition) is 0. The number of halogens is 1. The number of aromatic nitrogens is 1. The largest absolute Gasteiger partial charge is 0.497 e. The van der Waals surface area contributed by atoms with E-state index in [-0.39, 0.29) is 17.9 Å². The van der Waals surface area contributed by atoms with Crippen molar-refractivity contribution in [3.05, 3.63) is 64.3 Å². The summed E-state index contributed by atoms with van der Waals surface area (Å²) >= 11 is 6.35. The topological polar surface area (TPSA) is 63.9 Å². The van der Waals surface area contributed by atoms with Gasteiger partial charge in [-0.05, 0) is 67.8 Å².